The Balaban J connectivity index is 1.83. The molecule has 1 aromatic rings. The fourth-order valence-corrected chi connectivity index (χ4v) is 2.36. The first-order chi connectivity index (χ1) is 8.34. The Kier molecular flexibility index (Phi) is 2.75. The Morgan fingerprint density at radius 2 is 2.06 bits per heavy atom. The molecule has 1 saturated carbocycles. The third-order valence-electron chi connectivity index (χ3n) is 3.57. The minimum atomic E-state index is 0.192. The molecule has 0 aromatic heterocycles. The molecule has 0 spiro atoms. The molecule has 1 aliphatic carbocycles. The van der Waals surface area contributed by atoms with E-state index < -0.39 is 0 Å². The first-order valence-electron chi connectivity index (χ1n) is 6.26. The van der Waals surface area contributed by atoms with Crippen molar-refractivity contribution in [1.29, 1.82) is 0 Å². The van der Waals surface area contributed by atoms with E-state index in [0.29, 0.717) is 42.6 Å². The lowest BCUT2D eigenvalue weighted by Crippen LogP contribution is -2.20. The molecule has 3 heteroatoms. The number of fused-ring (bicyclic) bond motifs is 1. The van der Waals surface area contributed by atoms with E-state index in [4.69, 9.17) is 9.47 Å². The quantitative estimate of drug-likeness (QED) is 0.752. The number of ketones is 1. The summed E-state index contributed by atoms with van der Waals surface area (Å²) in [6.07, 6.45) is 4.31. The number of rotatable bonds is 3. The lowest BCUT2D eigenvalue weighted by Gasteiger charge is -2.25. The van der Waals surface area contributed by atoms with E-state index in [1.54, 1.807) is 0 Å². The molecule has 1 fully saturated rings. The highest BCUT2D eigenvalue weighted by Crippen LogP contribution is 2.36. The summed E-state index contributed by atoms with van der Waals surface area (Å²) in [5, 5.41) is 0. The van der Waals surface area contributed by atoms with Crippen LogP contribution >= 0.6 is 0 Å². The fraction of sp³-hybridized carbons (Fsp3) is 0.500. The van der Waals surface area contributed by atoms with Crippen LogP contribution < -0.4 is 9.47 Å². The first-order valence-corrected chi connectivity index (χ1v) is 6.26. The second-order valence-electron chi connectivity index (χ2n) is 4.75. The van der Waals surface area contributed by atoms with Crippen molar-refractivity contribution in [2.75, 3.05) is 13.2 Å². The van der Waals surface area contributed by atoms with Gasteiger partial charge in [0.2, 0.25) is 0 Å². The third kappa shape index (κ3) is 2.02. The molecule has 1 heterocycles. The molecular weight excluding hydrogens is 216 g/mol. The molecule has 1 aliphatic heterocycles. The minimum Gasteiger partial charge on any atom is -0.486 e. The standard InChI is InChI=1S/C14H16O3/c15-12(9-10-3-1-4-10)11-5-2-6-13-14(11)17-8-7-16-13/h2,5-6,10H,1,3-4,7-9H2. The van der Waals surface area contributed by atoms with Gasteiger partial charge < -0.3 is 9.47 Å². The number of para-hydroxylation sites is 1. The minimum absolute atomic E-state index is 0.192. The number of carbonyl (C=O) groups excluding carboxylic acids is 1. The van der Waals surface area contributed by atoms with Crippen molar-refractivity contribution in [2.45, 2.75) is 25.7 Å². The molecule has 2 aliphatic rings. The van der Waals surface area contributed by atoms with Gasteiger partial charge in [0.05, 0.1) is 5.56 Å². The highest BCUT2D eigenvalue weighted by Gasteiger charge is 2.25. The Hall–Kier alpha value is -1.51. The molecule has 1 aromatic carbocycles. The van der Waals surface area contributed by atoms with Crippen LogP contribution in [0.5, 0.6) is 11.5 Å². The molecule has 0 N–H and O–H groups in total. The van der Waals surface area contributed by atoms with Crippen molar-refractivity contribution in [3.8, 4) is 11.5 Å². The van der Waals surface area contributed by atoms with Gasteiger partial charge in [-0.05, 0) is 18.1 Å². The number of ether oxygens (including phenoxy) is 2. The van der Waals surface area contributed by atoms with E-state index >= 15 is 0 Å². The smallest absolute Gasteiger partial charge is 0.172 e. The number of Topliss-reactive ketones (excluding diaryl/α,β-unsaturated/α-hetero) is 1. The summed E-state index contributed by atoms with van der Waals surface area (Å²) in [5.74, 6) is 2.12. The van der Waals surface area contributed by atoms with Gasteiger partial charge in [0.1, 0.15) is 13.2 Å². The highest BCUT2D eigenvalue weighted by atomic mass is 16.6. The van der Waals surface area contributed by atoms with E-state index in [1.807, 2.05) is 18.2 Å². The molecule has 3 rings (SSSR count). The van der Waals surface area contributed by atoms with Gasteiger partial charge in [0.25, 0.3) is 0 Å². The summed E-state index contributed by atoms with van der Waals surface area (Å²) >= 11 is 0. The van der Waals surface area contributed by atoms with Gasteiger partial charge >= 0.3 is 0 Å². The van der Waals surface area contributed by atoms with Crippen molar-refractivity contribution in [1.82, 2.24) is 0 Å². The molecule has 3 nitrogen and oxygen atoms in total. The predicted octanol–water partition coefficient (Wildman–Crippen LogP) is 2.83. The summed E-state index contributed by atoms with van der Waals surface area (Å²) in [7, 11) is 0. The molecule has 0 bridgehead atoms. The molecule has 90 valence electrons. The van der Waals surface area contributed by atoms with Crippen LogP contribution in [-0.4, -0.2) is 19.0 Å². The lowest BCUT2D eigenvalue weighted by atomic mass is 9.81. The lowest BCUT2D eigenvalue weighted by molar-refractivity contribution is 0.0925. The van der Waals surface area contributed by atoms with E-state index in [1.165, 1.54) is 19.3 Å². The largest absolute Gasteiger partial charge is 0.486 e. The second kappa shape index (κ2) is 4.40. The summed E-state index contributed by atoms with van der Waals surface area (Å²) in [4.78, 5) is 12.2. The van der Waals surface area contributed by atoms with Gasteiger partial charge in [-0.3, -0.25) is 4.79 Å². The summed E-state index contributed by atoms with van der Waals surface area (Å²) in [6, 6.07) is 5.56. The number of hydrogen-bond acceptors (Lipinski definition) is 3. The zero-order chi connectivity index (χ0) is 11.7. The van der Waals surface area contributed by atoms with Crippen LogP contribution in [0.3, 0.4) is 0 Å². The Labute approximate surface area is 101 Å². The van der Waals surface area contributed by atoms with Crippen LogP contribution in [0.25, 0.3) is 0 Å². The normalized spacial score (nSPS) is 18.6. The molecule has 0 atom stereocenters. The van der Waals surface area contributed by atoms with Crippen LogP contribution in [0.15, 0.2) is 18.2 Å². The SMILES string of the molecule is O=C(CC1CCC1)c1cccc2c1OCCO2. The zero-order valence-corrected chi connectivity index (χ0v) is 9.78. The molecular formula is C14H16O3. The Morgan fingerprint density at radius 1 is 1.24 bits per heavy atom. The van der Waals surface area contributed by atoms with Crippen molar-refractivity contribution in [2.24, 2.45) is 5.92 Å². The van der Waals surface area contributed by atoms with Crippen LogP contribution in [-0.2, 0) is 0 Å². The fourth-order valence-electron chi connectivity index (χ4n) is 2.36. The van der Waals surface area contributed by atoms with E-state index in [-0.39, 0.29) is 5.78 Å². The van der Waals surface area contributed by atoms with Gasteiger partial charge in [-0.25, -0.2) is 0 Å². The number of carbonyl (C=O) groups is 1. The highest BCUT2D eigenvalue weighted by molar-refractivity contribution is 5.99. The maximum atomic E-state index is 12.2. The Morgan fingerprint density at radius 3 is 2.82 bits per heavy atom. The van der Waals surface area contributed by atoms with E-state index in [9.17, 15) is 4.79 Å². The van der Waals surface area contributed by atoms with Gasteiger partial charge in [-0.15, -0.1) is 0 Å². The molecule has 0 unspecified atom stereocenters. The second-order valence-corrected chi connectivity index (χ2v) is 4.75. The van der Waals surface area contributed by atoms with Crippen molar-refractivity contribution >= 4 is 5.78 Å². The average molecular weight is 232 g/mol. The van der Waals surface area contributed by atoms with Crippen LogP contribution in [0.4, 0.5) is 0 Å². The predicted molar refractivity (Wildman–Crippen MR) is 63.7 cm³/mol. The third-order valence-corrected chi connectivity index (χ3v) is 3.57. The van der Waals surface area contributed by atoms with Crippen molar-refractivity contribution in [3.63, 3.8) is 0 Å². The van der Waals surface area contributed by atoms with Gasteiger partial charge in [0.15, 0.2) is 17.3 Å². The van der Waals surface area contributed by atoms with Crippen LogP contribution in [0, 0.1) is 5.92 Å². The summed E-state index contributed by atoms with van der Waals surface area (Å²) in [5.41, 5.74) is 0.689. The van der Waals surface area contributed by atoms with E-state index in [0.717, 1.165) is 0 Å². The van der Waals surface area contributed by atoms with Gasteiger partial charge in [-0.2, -0.15) is 0 Å². The van der Waals surface area contributed by atoms with Crippen molar-refractivity contribution < 1.29 is 14.3 Å². The van der Waals surface area contributed by atoms with E-state index in [2.05, 4.69) is 0 Å². The summed E-state index contributed by atoms with van der Waals surface area (Å²) in [6.45, 7) is 1.09. The van der Waals surface area contributed by atoms with Crippen molar-refractivity contribution in [3.05, 3.63) is 23.8 Å². The first kappa shape index (κ1) is 10.6. The monoisotopic (exact) mass is 232 g/mol. The van der Waals surface area contributed by atoms with Gasteiger partial charge in [-0.1, -0.05) is 25.3 Å². The van der Waals surface area contributed by atoms with Crippen LogP contribution in [0.2, 0.25) is 0 Å². The average Bonchev–Trinajstić information content (AvgIpc) is 2.33. The molecule has 0 radical (unpaired) electrons. The maximum Gasteiger partial charge on any atom is 0.172 e. The Bertz CT molecular complexity index is 435. The summed E-state index contributed by atoms with van der Waals surface area (Å²) < 4.78 is 11.0. The zero-order valence-electron chi connectivity index (χ0n) is 9.78. The topological polar surface area (TPSA) is 35.5 Å². The van der Waals surface area contributed by atoms with Crippen LogP contribution in [0.1, 0.15) is 36.0 Å². The molecule has 0 amide bonds. The maximum absolute atomic E-state index is 12.2. The number of benzene rings is 1. The molecule has 0 saturated heterocycles. The van der Waals surface area contributed by atoms with Gasteiger partial charge in [0, 0.05) is 6.42 Å². The molecule has 17 heavy (non-hydrogen) atoms. The number of hydrogen-bond donors (Lipinski definition) is 0.